The molecule has 3 amide bonds. The average Bonchev–Trinajstić information content (AvgIpc) is 3.05. The average molecular weight is 458 g/mol. The van der Waals surface area contributed by atoms with Crippen LogP contribution in [0.4, 0.5) is 4.79 Å². The molecular weight excluding hydrogens is 436 g/mol. The Hall–Kier alpha value is -3.66. The molecule has 1 fully saturated rings. The summed E-state index contributed by atoms with van der Waals surface area (Å²) in [7, 11) is 4.46. The number of hydrogen-bond acceptors (Lipinski definition) is 8. The number of hydrogen-bond donors (Lipinski definition) is 2. The molecular formula is C22H22N2O7S. The molecule has 1 aliphatic heterocycles. The SMILES string of the molecule is COc1cc(/C=C2\SC(=O)N(CCNC(=O)c3ccccc3O)C2=O)cc(OC)c1OC. The lowest BCUT2D eigenvalue weighted by atomic mass is 10.1. The van der Waals surface area contributed by atoms with E-state index in [-0.39, 0.29) is 29.3 Å². The topological polar surface area (TPSA) is 114 Å². The zero-order valence-electron chi connectivity index (χ0n) is 17.7. The van der Waals surface area contributed by atoms with Crippen LogP contribution in [0, 0.1) is 0 Å². The van der Waals surface area contributed by atoms with E-state index < -0.39 is 17.1 Å². The van der Waals surface area contributed by atoms with Crippen LogP contribution in [0.1, 0.15) is 15.9 Å². The summed E-state index contributed by atoms with van der Waals surface area (Å²) >= 11 is 0.804. The van der Waals surface area contributed by atoms with Crippen molar-refractivity contribution >= 4 is 34.9 Å². The van der Waals surface area contributed by atoms with Gasteiger partial charge in [-0.25, -0.2) is 0 Å². The zero-order chi connectivity index (χ0) is 23.3. The van der Waals surface area contributed by atoms with Gasteiger partial charge in [0, 0.05) is 13.1 Å². The van der Waals surface area contributed by atoms with E-state index in [1.54, 1.807) is 30.3 Å². The zero-order valence-corrected chi connectivity index (χ0v) is 18.5. The van der Waals surface area contributed by atoms with Gasteiger partial charge < -0.3 is 24.6 Å². The van der Waals surface area contributed by atoms with E-state index in [0.29, 0.717) is 22.8 Å². The number of phenolic OH excluding ortho intramolecular Hbond substituents is 1. The van der Waals surface area contributed by atoms with Crippen molar-refractivity contribution in [1.82, 2.24) is 10.2 Å². The third-order valence-electron chi connectivity index (χ3n) is 4.63. The fourth-order valence-electron chi connectivity index (χ4n) is 3.07. The standard InChI is InChI=1S/C22H22N2O7S/c1-29-16-10-13(11-17(30-2)19(16)31-3)12-18-21(27)24(22(28)32-18)9-8-23-20(26)14-6-4-5-7-15(14)25/h4-7,10-12,25H,8-9H2,1-3H3,(H,23,26)/b18-12-. The lowest BCUT2D eigenvalue weighted by Gasteiger charge is -2.14. The quantitative estimate of drug-likeness (QED) is 0.581. The maximum atomic E-state index is 12.7. The number of nitrogens with one attached hydrogen (secondary N) is 1. The molecule has 2 N–H and O–H groups in total. The Morgan fingerprint density at radius 3 is 2.34 bits per heavy atom. The predicted molar refractivity (Wildman–Crippen MR) is 119 cm³/mol. The number of para-hydroxylation sites is 1. The molecule has 1 saturated heterocycles. The van der Waals surface area contributed by atoms with Crippen LogP contribution in [0.3, 0.4) is 0 Å². The molecule has 10 heteroatoms. The van der Waals surface area contributed by atoms with Crippen LogP contribution in [0.15, 0.2) is 41.3 Å². The number of methoxy groups -OCH3 is 3. The molecule has 1 aliphatic rings. The monoisotopic (exact) mass is 458 g/mol. The summed E-state index contributed by atoms with van der Waals surface area (Å²) in [5, 5.41) is 11.9. The van der Waals surface area contributed by atoms with Crippen molar-refractivity contribution in [2.75, 3.05) is 34.4 Å². The van der Waals surface area contributed by atoms with Crippen LogP contribution < -0.4 is 19.5 Å². The smallest absolute Gasteiger partial charge is 0.293 e. The molecule has 32 heavy (non-hydrogen) atoms. The lowest BCUT2D eigenvalue weighted by molar-refractivity contribution is -0.122. The molecule has 0 aliphatic carbocycles. The number of thioether (sulfide) groups is 1. The van der Waals surface area contributed by atoms with Crippen molar-refractivity contribution in [3.8, 4) is 23.0 Å². The van der Waals surface area contributed by atoms with Gasteiger partial charge in [0.25, 0.3) is 17.1 Å². The first kappa shape index (κ1) is 23.0. The molecule has 3 rings (SSSR count). The van der Waals surface area contributed by atoms with Gasteiger partial charge in [0.1, 0.15) is 5.75 Å². The van der Waals surface area contributed by atoms with Crippen molar-refractivity contribution in [2.45, 2.75) is 0 Å². The third kappa shape index (κ3) is 4.80. The molecule has 0 radical (unpaired) electrons. The minimum atomic E-state index is -0.497. The fraction of sp³-hybridized carbons (Fsp3) is 0.227. The highest BCUT2D eigenvalue weighted by molar-refractivity contribution is 8.18. The molecule has 0 unspecified atom stereocenters. The van der Waals surface area contributed by atoms with E-state index in [9.17, 15) is 19.5 Å². The molecule has 1 heterocycles. The number of carbonyl (C=O) groups excluding carboxylic acids is 3. The maximum absolute atomic E-state index is 12.7. The number of aromatic hydroxyl groups is 1. The minimum Gasteiger partial charge on any atom is -0.507 e. The van der Waals surface area contributed by atoms with E-state index in [1.807, 2.05) is 0 Å². The molecule has 168 valence electrons. The summed E-state index contributed by atoms with van der Waals surface area (Å²) in [5.41, 5.74) is 0.710. The van der Waals surface area contributed by atoms with Gasteiger partial charge in [-0.3, -0.25) is 19.3 Å². The summed E-state index contributed by atoms with van der Waals surface area (Å²) in [4.78, 5) is 38.5. The highest BCUT2D eigenvalue weighted by Gasteiger charge is 2.34. The Bertz CT molecular complexity index is 1060. The minimum absolute atomic E-state index is 0.00338. The summed E-state index contributed by atoms with van der Waals surface area (Å²) in [6, 6.07) is 9.44. The first-order valence-corrected chi connectivity index (χ1v) is 10.3. The van der Waals surface area contributed by atoms with Crippen LogP contribution in [-0.2, 0) is 4.79 Å². The first-order chi connectivity index (χ1) is 15.4. The summed E-state index contributed by atoms with van der Waals surface area (Å²) < 4.78 is 15.9. The van der Waals surface area contributed by atoms with Gasteiger partial charge in [-0.05, 0) is 47.7 Å². The number of benzene rings is 2. The number of amides is 3. The molecule has 2 aromatic carbocycles. The number of nitrogens with zero attached hydrogens (tertiary/aromatic N) is 1. The van der Waals surface area contributed by atoms with Gasteiger partial charge in [-0.15, -0.1) is 0 Å². The summed E-state index contributed by atoms with van der Waals surface area (Å²) in [6.45, 7) is 0.0409. The number of ether oxygens (including phenoxy) is 3. The van der Waals surface area contributed by atoms with Gasteiger partial charge in [0.05, 0.1) is 31.8 Å². The molecule has 0 spiro atoms. The third-order valence-corrected chi connectivity index (χ3v) is 5.54. The second-order valence-electron chi connectivity index (χ2n) is 6.57. The Balaban J connectivity index is 1.70. The highest BCUT2D eigenvalue weighted by atomic mass is 32.2. The fourth-order valence-corrected chi connectivity index (χ4v) is 3.94. The van der Waals surface area contributed by atoms with Gasteiger partial charge in [-0.1, -0.05) is 12.1 Å². The van der Waals surface area contributed by atoms with E-state index in [1.165, 1.54) is 33.5 Å². The van der Waals surface area contributed by atoms with Crippen LogP contribution in [0.2, 0.25) is 0 Å². The molecule has 2 aromatic rings. The second-order valence-corrected chi connectivity index (χ2v) is 7.56. The van der Waals surface area contributed by atoms with E-state index in [2.05, 4.69) is 5.32 Å². The molecule has 9 nitrogen and oxygen atoms in total. The van der Waals surface area contributed by atoms with Crippen molar-refractivity contribution in [1.29, 1.82) is 0 Å². The Morgan fingerprint density at radius 2 is 1.75 bits per heavy atom. The van der Waals surface area contributed by atoms with E-state index in [4.69, 9.17) is 14.2 Å². The van der Waals surface area contributed by atoms with Crippen molar-refractivity contribution in [3.05, 3.63) is 52.4 Å². The van der Waals surface area contributed by atoms with Crippen molar-refractivity contribution in [3.63, 3.8) is 0 Å². The first-order valence-electron chi connectivity index (χ1n) is 9.51. The Labute approximate surface area is 188 Å². The van der Waals surface area contributed by atoms with Gasteiger partial charge in [0.15, 0.2) is 11.5 Å². The maximum Gasteiger partial charge on any atom is 0.293 e. The van der Waals surface area contributed by atoms with E-state index in [0.717, 1.165) is 16.7 Å². The van der Waals surface area contributed by atoms with Crippen molar-refractivity contribution < 1.29 is 33.7 Å². The van der Waals surface area contributed by atoms with Gasteiger partial charge in [-0.2, -0.15) is 0 Å². The Kier molecular flexibility index (Phi) is 7.26. The lowest BCUT2D eigenvalue weighted by Crippen LogP contribution is -2.37. The van der Waals surface area contributed by atoms with Crippen molar-refractivity contribution in [2.24, 2.45) is 0 Å². The summed E-state index contributed by atoms with van der Waals surface area (Å²) in [6.07, 6.45) is 1.57. The number of imide groups is 1. The normalized spacial score (nSPS) is 14.6. The van der Waals surface area contributed by atoms with Crippen LogP contribution in [0.25, 0.3) is 6.08 Å². The predicted octanol–water partition coefficient (Wildman–Crippen LogP) is 2.88. The molecule has 0 aromatic heterocycles. The van der Waals surface area contributed by atoms with Gasteiger partial charge in [0.2, 0.25) is 5.75 Å². The molecule has 0 saturated carbocycles. The van der Waals surface area contributed by atoms with Crippen LogP contribution >= 0.6 is 11.8 Å². The number of phenols is 1. The molecule has 0 bridgehead atoms. The van der Waals surface area contributed by atoms with Crippen LogP contribution in [-0.4, -0.2) is 61.5 Å². The second kappa shape index (κ2) is 10.1. The molecule has 0 atom stereocenters. The highest BCUT2D eigenvalue weighted by Crippen LogP contribution is 2.40. The number of rotatable bonds is 8. The van der Waals surface area contributed by atoms with E-state index >= 15 is 0 Å². The largest absolute Gasteiger partial charge is 0.507 e. The summed E-state index contributed by atoms with van der Waals surface area (Å²) in [5.74, 6) is 0.145. The number of carbonyl (C=O) groups is 3. The van der Waals surface area contributed by atoms with Gasteiger partial charge >= 0.3 is 0 Å². The van der Waals surface area contributed by atoms with Crippen LogP contribution in [0.5, 0.6) is 23.0 Å². The Morgan fingerprint density at radius 1 is 1.09 bits per heavy atom.